The van der Waals surface area contributed by atoms with Gasteiger partial charge in [0.25, 0.3) is 6.43 Å². The number of halogens is 3. The molecule has 1 heterocycles. The summed E-state index contributed by atoms with van der Waals surface area (Å²) in [5.74, 6) is -1.99. The van der Waals surface area contributed by atoms with Crippen molar-refractivity contribution in [3.05, 3.63) is 23.5 Å². The number of nitrogens with two attached hydrogens (primary N) is 1. The fourth-order valence-electron chi connectivity index (χ4n) is 2.35. The van der Waals surface area contributed by atoms with Crippen molar-refractivity contribution in [1.29, 1.82) is 0 Å². The average molecular weight is 423 g/mol. The highest BCUT2D eigenvalue weighted by Gasteiger charge is 2.38. The van der Waals surface area contributed by atoms with Crippen molar-refractivity contribution in [2.75, 3.05) is 22.5 Å². The molecule has 8 nitrogen and oxygen atoms in total. The molecule has 1 atom stereocenters. The van der Waals surface area contributed by atoms with Gasteiger partial charge in [-0.3, -0.25) is 9.52 Å². The highest BCUT2D eigenvalue weighted by atomic mass is 32.2. The summed E-state index contributed by atoms with van der Waals surface area (Å²) >= 11 is 4.80. The van der Waals surface area contributed by atoms with E-state index in [1.54, 1.807) is 0 Å². The Hall–Kier alpha value is -2.41. The molecule has 1 aliphatic rings. The predicted octanol–water partition coefficient (Wildman–Crippen LogP) is 1.08. The number of hydrogen-bond acceptors (Lipinski definition) is 7. The number of hydrogen-bond donors (Lipinski definition) is 2. The molecule has 1 aromatic rings. The smallest absolute Gasteiger partial charge is 0.297 e. The summed E-state index contributed by atoms with van der Waals surface area (Å²) in [6.07, 6.45) is -4.04. The summed E-state index contributed by atoms with van der Waals surface area (Å²) in [6, 6.07) is 1.85. The van der Waals surface area contributed by atoms with Crippen LogP contribution in [0.5, 0.6) is 0 Å². The normalized spacial score (nSPS) is 17.3. The Bertz CT molecular complexity index is 908. The minimum Gasteiger partial charge on any atom is -0.389 e. The molecular weight excluding hydrogens is 407 g/mol. The number of carbonyl (C=O) groups is 1. The molecule has 2 rings (SSSR count). The monoisotopic (exact) mass is 423 g/mol. The van der Waals surface area contributed by atoms with Gasteiger partial charge in [0.05, 0.1) is 11.4 Å². The first-order valence-electron chi connectivity index (χ1n) is 7.50. The van der Waals surface area contributed by atoms with Crippen LogP contribution in [-0.4, -0.2) is 55.8 Å². The Balaban J connectivity index is 2.63. The second kappa shape index (κ2) is 7.68. The van der Waals surface area contributed by atoms with Gasteiger partial charge in [0, 0.05) is 12.6 Å². The molecule has 0 spiro atoms. The summed E-state index contributed by atoms with van der Waals surface area (Å²) in [7, 11) is -2.58. The van der Waals surface area contributed by atoms with Gasteiger partial charge in [-0.25, -0.2) is 26.6 Å². The molecule has 27 heavy (non-hydrogen) atoms. The number of benzene rings is 1. The van der Waals surface area contributed by atoms with E-state index in [2.05, 4.69) is 9.82 Å². The second-order valence-corrected chi connectivity index (χ2v) is 7.93. The Morgan fingerprint density at radius 3 is 2.59 bits per heavy atom. The van der Waals surface area contributed by atoms with Crippen LogP contribution < -0.4 is 15.5 Å². The lowest BCUT2D eigenvalue weighted by molar-refractivity contribution is -0.110. The van der Waals surface area contributed by atoms with Crippen LogP contribution >= 0.6 is 12.2 Å². The molecule has 1 aliphatic heterocycles. The van der Waals surface area contributed by atoms with Gasteiger partial charge >= 0.3 is 0 Å². The first kappa shape index (κ1) is 20.9. The molecule has 0 amide bonds. The number of nitrogens with zero attached hydrogens (tertiary/aromatic N) is 3. The highest BCUT2D eigenvalue weighted by molar-refractivity contribution is 7.92. The van der Waals surface area contributed by atoms with Crippen molar-refractivity contribution in [2.45, 2.75) is 19.5 Å². The number of anilines is 2. The molecule has 148 valence electrons. The molecule has 0 aromatic heterocycles. The lowest BCUT2D eigenvalue weighted by atomic mass is 10.1. The van der Waals surface area contributed by atoms with Crippen LogP contribution in [0, 0.1) is 5.82 Å². The summed E-state index contributed by atoms with van der Waals surface area (Å²) in [4.78, 5) is 11.9. The molecule has 0 aliphatic carbocycles. The standard InChI is InChI=1S/C14H16F3N5O3S2/c1-3-27(24,25)20-9-5-10(8(15)4-7(9)13(18)26)22-11(6-23)21(2)14(19-22)12(16)17/h4-6,11-12,20H,3H2,1-2H3,(H2,18,26). The van der Waals surface area contributed by atoms with E-state index in [0.717, 1.165) is 22.0 Å². The minimum absolute atomic E-state index is 0.100. The number of sulfonamides is 1. The molecule has 1 unspecified atom stereocenters. The maximum Gasteiger partial charge on any atom is 0.297 e. The Morgan fingerprint density at radius 1 is 1.48 bits per heavy atom. The minimum atomic E-state index is -3.78. The summed E-state index contributed by atoms with van der Waals surface area (Å²) in [5.41, 5.74) is 4.85. The Labute approximate surface area is 158 Å². The van der Waals surface area contributed by atoms with Gasteiger partial charge in [-0.15, -0.1) is 0 Å². The fourth-order valence-corrected chi connectivity index (χ4v) is 3.17. The number of thiocarbonyl (C=S) groups is 1. The van der Waals surface area contributed by atoms with E-state index >= 15 is 0 Å². The molecule has 0 saturated carbocycles. The number of hydrazone groups is 1. The topological polar surface area (TPSA) is 108 Å². The van der Waals surface area contributed by atoms with Crippen molar-refractivity contribution in [3.8, 4) is 0 Å². The first-order chi connectivity index (χ1) is 12.5. The molecule has 0 bridgehead atoms. The number of nitrogens with one attached hydrogen (secondary N) is 1. The Morgan fingerprint density at radius 2 is 2.11 bits per heavy atom. The SMILES string of the molecule is CCS(=O)(=O)Nc1cc(N2N=C(C(F)F)N(C)C2C=O)c(F)cc1C(N)=S. The number of aldehydes is 1. The van der Waals surface area contributed by atoms with Crippen molar-refractivity contribution >= 4 is 50.7 Å². The Kier molecular flexibility index (Phi) is 5.94. The van der Waals surface area contributed by atoms with Crippen LogP contribution in [0.1, 0.15) is 12.5 Å². The van der Waals surface area contributed by atoms with E-state index < -0.39 is 40.0 Å². The van der Waals surface area contributed by atoms with Crippen LogP contribution in [0.3, 0.4) is 0 Å². The van der Waals surface area contributed by atoms with Crippen LogP contribution in [0.25, 0.3) is 0 Å². The third-order valence-corrected chi connectivity index (χ3v) is 5.29. The first-order valence-corrected chi connectivity index (χ1v) is 9.56. The van der Waals surface area contributed by atoms with Gasteiger partial charge in [0.2, 0.25) is 10.0 Å². The molecule has 13 heteroatoms. The van der Waals surface area contributed by atoms with Gasteiger partial charge in [-0.05, 0) is 19.1 Å². The molecule has 1 aromatic carbocycles. The number of alkyl halides is 2. The molecule has 0 fully saturated rings. The molecule has 0 saturated heterocycles. The largest absolute Gasteiger partial charge is 0.389 e. The number of carbonyl (C=O) groups excluding carboxylic acids is 1. The van der Waals surface area contributed by atoms with Crippen molar-refractivity contribution in [1.82, 2.24) is 4.90 Å². The zero-order valence-corrected chi connectivity index (χ0v) is 15.8. The van der Waals surface area contributed by atoms with Crippen molar-refractivity contribution in [2.24, 2.45) is 10.8 Å². The van der Waals surface area contributed by atoms with E-state index in [-0.39, 0.29) is 22.0 Å². The molecule has 3 N–H and O–H groups in total. The summed E-state index contributed by atoms with van der Waals surface area (Å²) in [6.45, 7) is 1.38. The van der Waals surface area contributed by atoms with Crippen LogP contribution in [-0.2, 0) is 14.8 Å². The zero-order chi connectivity index (χ0) is 20.5. The highest BCUT2D eigenvalue weighted by Crippen LogP contribution is 2.32. The van der Waals surface area contributed by atoms with E-state index in [1.165, 1.54) is 14.0 Å². The molecular formula is C14H16F3N5O3S2. The predicted molar refractivity (Wildman–Crippen MR) is 98.9 cm³/mol. The van der Waals surface area contributed by atoms with Gasteiger partial charge in [-0.1, -0.05) is 12.2 Å². The van der Waals surface area contributed by atoms with E-state index in [4.69, 9.17) is 18.0 Å². The van der Waals surface area contributed by atoms with E-state index in [1.807, 2.05) is 0 Å². The van der Waals surface area contributed by atoms with Crippen LogP contribution in [0.2, 0.25) is 0 Å². The molecule has 0 radical (unpaired) electrons. The van der Waals surface area contributed by atoms with Gasteiger partial charge < -0.3 is 10.6 Å². The lowest BCUT2D eigenvalue weighted by Gasteiger charge is -2.25. The average Bonchev–Trinajstić information content (AvgIpc) is 2.92. The lowest BCUT2D eigenvalue weighted by Crippen LogP contribution is -2.42. The van der Waals surface area contributed by atoms with Gasteiger partial charge in [0.1, 0.15) is 16.5 Å². The van der Waals surface area contributed by atoms with Crippen LogP contribution in [0.4, 0.5) is 24.5 Å². The maximum absolute atomic E-state index is 14.6. The van der Waals surface area contributed by atoms with E-state index in [9.17, 15) is 26.4 Å². The van der Waals surface area contributed by atoms with Gasteiger partial charge in [0.15, 0.2) is 18.3 Å². The zero-order valence-electron chi connectivity index (χ0n) is 14.2. The summed E-state index contributed by atoms with van der Waals surface area (Å²) in [5, 5.41) is 4.33. The van der Waals surface area contributed by atoms with Gasteiger partial charge in [-0.2, -0.15) is 5.10 Å². The maximum atomic E-state index is 14.6. The number of rotatable bonds is 7. The van der Waals surface area contributed by atoms with Crippen molar-refractivity contribution < 1.29 is 26.4 Å². The fraction of sp³-hybridized carbons (Fsp3) is 0.357. The number of amidine groups is 1. The second-order valence-electron chi connectivity index (χ2n) is 5.48. The third kappa shape index (κ3) is 4.13. The summed E-state index contributed by atoms with van der Waals surface area (Å²) < 4.78 is 66.7. The van der Waals surface area contributed by atoms with E-state index in [0.29, 0.717) is 6.29 Å². The third-order valence-electron chi connectivity index (χ3n) is 3.78. The quantitative estimate of drug-likeness (QED) is 0.499. The van der Waals surface area contributed by atoms with Crippen LogP contribution in [0.15, 0.2) is 17.2 Å². The van der Waals surface area contributed by atoms with Crippen molar-refractivity contribution in [3.63, 3.8) is 0 Å². The number of likely N-dealkylation sites (N-methyl/N-ethyl adjacent to an activating group) is 1.